The summed E-state index contributed by atoms with van der Waals surface area (Å²) < 4.78 is 1.09. The lowest BCUT2D eigenvalue weighted by atomic mass is 10.1. The zero-order chi connectivity index (χ0) is 11.5. The minimum absolute atomic E-state index is 0.910. The van der Waals surface area contributed by atoms with E-state index in [-0.39, 0.29) is 0 Å². The molecule has 0 aliphatic rings. The molecule has 1 N–H and O–H groups in total. The highest BCUT2D eigenvalue weighted by atomic mass is 79.9. The maximum absolute atomic E-state index is 4.39. The Bertz CT molecular complexity index is 496. The Morgan fingerprint density at radius 1 is 1.44 bits per heavy atom. The standard InChI is InChI=1S/C11H12BrN3S/c1-3-7-9(10-8(12)4-5-16-10)14-6-15-11(7)13-2/h4-6H,3H2,1-2H3,(H,13,14,15). The van der Waals surface area contributed by atoms with Crippen LogP contribution >= 0.6 is 27.3 Å². The van der Waals surface area contributed by atoms with E-state index < -0.39 is 0 Å². The van der Waals surface area contributed by atoms with Gasteiger partial charge in [0.25, 0.3) is 0 Å². The number of rotatable bonds is 3. The van der Waals surface area contributed by atoms with E-state index in [9.17, 15) is 0 Å². The van der Waals surface area contributed by atoms with E-state index in [2.05, 4.69) is 43.5 Å². The second kappa shape index (κ2) is 4.93. The van der Waals surface area contributed by atoms with Crippen molar-refractivity contribution in [1.29, 1.82) is 0 Å². The summed E-state index contributed by atoms with van der Waals surface area (Å²) in [6, 6.07) is 2.04. The van der Waals surface area contributed by atoms with Gasteiger partial charge in [-0.1, -0.05) is 6.92 Å². The Morgan fingerprint density at radius 3 is 2.81 bits per heavy atom. The lowest BCUT2D eigenvalue weighted by molar-refractivity contribution is 1.05. The third kappa shape index (κ3) is 1.97. The number of halogens is 1. The maximum Gasteiger partial charge on any atom is 0.132 e. The summed E-state index contributed by atoms with van der Waals surface area (Å²) in [6.45, 7) is 2.12. The van der Waals surface area contributed by atoms with Crippen LogP contribution < -0.4 is 5.32 Å². The van der Waals surface area contributed by atoms with Crippen LogP contribution in [0.15, 0.2) is 22.2 Å². The van der Waals surface area contributed by atoms with Gasteiger partial charge in [0.15, 0.2) is 0 Å². The van der Waals surface area contributed by atoms with E-state index in [1.807, 2.05) is 13.1 Å². The van der Waals surface area contributed by atoms with Gasteiger partial charge in [0.2, 0.25) is 0 Å². The highest BCUT2D eigenvalue weighted by Crippen LogP contribution is 2.35. The summed E-state index contributed by atoms with van der Waals surface area (Å²) in [5.74, 6) is 0.910. The Morgan fingerprint density at radius 2 is 2.25 bits per heavy atom. The Labute approximate surface area is 107 Å². The number of hydrogen-bond donors (Lipinski definition) is 1. The van der Waals surface area contributed by atoms with Crippen molar-refractivity contribution in [3.05, 3.63) is 27.8 Å². The van der Waals surface area contributed by atoms with Crippen molar-refractivity contribution in [1.82, 2.24) is 9.97 Å². The predicted molar refractivity (Wildman–Crippen MR) is 72.0 cm³/mol. The smallest absolute Gasteiger partial charge is 0.132 e. The van der Waals surface area contributed by atoms with Gasteiger partial charge in [-0.05, 0) is 33.8 Å². The first kappa shape index (κ1) is 11.5. The van der Waals surface area contributed by atoms with Crippen LogP contribution in [0.3, 0.4) is 0 Å². The molecule has 0 saturated heterocycles. The van der Waals surface area contributed by atoms with Crippen molar-refractivity contribution in [3.63, 3.8) is 0 Å². The fourth-order valence-electron chi connectivity index (χ4n) is 1.62. The van der Waals surface area contributed by atoms with Crippen molar-refractivity contribution < 1.29 is 0 Å². The molecular weight excluding hydrogens is 286 g/mol. The molecule has 0 aliphatic carbocycles. The van der Waals surface area contributed by atoms with E-state index in [4.69, 9.17) is 0 Å². The molecule has 0 spiro atoms. The quantitative estimate of drug-likeness (QED) is 0.941. The number of aromatic nitrogens is 2. The van der Waals surface area contributed by atoms with Crippen LogP contribution in [-0.4, -0.2) is 17.0 Å². The second-order valence-electron chi connectivity index (χ2n) is 3.25. The highest BCUT2D eigenvalue weighted by molar-refractivity contribution is 9.10. The summed E-state index contributed by atoms with van der Waals surface area (Å²) in [5.41, 5.74) is 2.18. The fraction of sp³-hybridized carbons (Fsp3) is 0.273. The van der Waals surface area contributed by atoms with Crippen molar-refractivity contribution in [2.24, 2.45) is 0 Å². The Kier molecular flexibility index (Phi) is 3.56. The normalized spacial score (nSPS) is 10.4. The van der Waals surface area contributed by atoms with Crippen molar-refractivity contribution in [3.8, 4) is 10.6 Å². The van der Waals surface area contributed by atoms with Crippen LogP contribution in [0.1, 0.15) is 12.5 Å². The number of anilines is 1. The molecule has 84 valence electrons. The molecular formula is C11H12BrN3S. The van der Waals surface area contributed by atoms with Crippen LogP contribution in [-0.2, 0) is 6.42 Å². The van der Waals surface area contributed by atoms with E-state index in [0.29, 0.717) is 0 Å². The first-order valence-electron chi connectivity index (χ1n) is 5.03. The molecule has 2 aromatic heterocycles. The molecule has 0 unspecified atom stereocenters. The van der Waals surface area contributed by atoms with Crippen LogP contribution in [0.2, 0.25) is 0 Å². The zero-order valence-corrected chi connectivity index (χ0v) is 11.5. The van der Waals surface area contributed by atoms with Crippen molar-refractivity contribution in [2.75, 3.05) is 12.4 Å². The predicted octanol–water partition coefficient (Wildman–Crippen LogP) is 3.57. The number of nitrogens with one attached hydrogen (secondary N) is 1. The minimum atomic E-state index is 0.910. The first-order valence-corrected chi connectivity index (χ1v) is 6.70. The third-order valence-corrected chi connectivity index (χ3v) is 4.21. The van der Waals surface area contributed by atoms with Gasteiger partial charge < -0.3 is 5.32 Å². The number of hydrogen-bond acceptors (Lipinski definition) is 4. The number of thiophene rings is 1. The number of nitrogens with zero attached hydrogens (tertiary/aromatic N) is 2. The minimum Gasteiger partial charge on any atom is -0.373 e. The summed E-state index contributed by atoms with van der Waals surface area (Å²) >= 11 is 5.23. The maximum atomic E-state index is 4.39. The van der Waals surface area contributed by atoms with E-state index in [0.717, 1.165) is 32.8 Å². The molecule has 0 saturated carbocycles. The third-order valence-electron chi connectivity index (χ3n) is 2.37. The Hall–Kier alpha value is -0.940. The summed E-state index contributed by atoms with van der Waals surface area (Å²) in [4.78, 5) is 9.79. The largest absolute Gasteiger partial charge is 0.373 e. The molecule has 16 heavy (non-hydrogen) atoms. The van der Waals surface area contributed by atoms with Gasteiger partial charge in [0, 0.05) is 17.1 Å². The van der Waals surface area contributed by atoms with Crippen molar-refractivity contribution >= 4 is 33.1 Å². The molecule has 5 heteroatoms. The van der Waals surface area contributed by atoms with Gasteiger partial charge in [0.1, 0.15) is 12.1 Å². The topological polar surface area (TPSA) is 37.8 Å². The lowest BCUT2D eigenvalue weighted by Gasteiger charge is -2.10. The Balaban J connectivity index is 2.61. The molecule has 3 nitrogen and oxygen atoms in total. The summed E-state index contributed by atoms with van der Waals surface area (Å²) in [6.07, 6.45) is 2.52. The molecule has 2 aromatic rings. The highest BCUT2D eigenvalue weighted by Gasteiger charge is 2.13. The van der Waals surface area contributed by atoms with E-state index in [1.165, 1.54) is 0 Å². The van der Waals surface area contributed by atoms with Gasteiger partial charge >= 0.3 is 0 Å². The van der Waals surface area contributed by atoms with Crippen LogP contribution in [0.4, 0.5) is 5.82 Å². The zero-order valence-electron chi connectivity index (χ0n) is 9.12. The molecule has 2 heterocycles. The average Bonchev–Trinajstić information content (AvgIpc) is 2.74. The molecule has 0 aliphatic heterocycles. The first-order chi connectivity index (χ1) is 7.77. The van der Waals surface area contributed by atoms with Gasteiger partial charge in [-0.2, -0.15) is 0 Å². The van der Waals surface area contributed by atoms with Gasteiger partial charge in [-0.3, -0.25) is 0 Å². The van der Waals surface area contributed by atoms with Crippen molar-refractivity contribution in [2.45, 2.75) is 13.3 Å². The van der Waals surface area contributed by atoms with Crippen LogP contribution in [0.5, 0.6) is 0 Å². The molecule has 2 rings (SSSR count). The average molecular weight is 298 g/mol. The van der Waals surface area contributed by atoms with Crippen LogP contribution in [0.25, 0.3) is 10.6 Å². The molecule has 0 atom stereocenters. The molecule has 0 aromatic carbocycles. The molecule has 0 amide bonds. The second-order valence-corrected chi connectivity index (χ2v) is 5.02. The fourth-order valence-corrected chi connectivity index (χ4v) is 3.20. The molecule has 0 fully saturated rings. The van der Waals surface area contributed by atoms with E-state index in [1.54, 1.807) is 17.7 Å². The SMILES string of the molecule is CCc1c(NC)ncnc1-c1sccc1Br. The summed E-state index contributed by atoms with van der Waals surface area (Å²) in [7, 11) is 1.88. The van der Waals surface area contributed by atoms with E-state index >= 15 is 0 Å². The molecule has 0 bridgehead atoms. The monoisotopic (exact) mass is 297 g/mol. The van der Waals surface area contributed by atoms with Gasteiger partial charge in [-0.15, -0.1) is 11.3 Å². The summed E-state index contributed by atoms with van der Waals surface area (Å²) in [5, 5.41) is 5.16. The molecule has 0 radical (unpaired) electrons. The van der Waals surface area contributed by atoms with Gasteiger partial charge in [-0.25, -0.2) is 9.97 Å². The lowest BCUT2D eigenvalue weighted by Crippen LogP contribution is -2.01. The van der Waals surface area contributed by atoms with Crippen LogP contribution in [0, 0.1) is 0 Å². The van der Waals surface area contributed by atoms with Gasteiger partial charge in [0.05, 0.1) is 10.6 Å².